The number of amides is 1. The van der Waals surface area contributed by atoms with Crippen LogP contribution < -0.4 is 9.46 Å². The van der Waals surface area contributed by atoms with Gasteiger partial charge in [0.15, 0.2) is 5.58 Å². The first-order valence-corrected chi connectivity index (χ1v) is 17.5. The Balaban J connectivity index is 0.00000417. The molecule has 1 fully saturated rings. The molecule has 10 nitrogen and oxygen atoms in total. The Kier molecular flexibility index (Phi) is 7.93. The number of fused-ring (bicyclic) bond motifs is 5. The number of rotatable bonds is 6. The zero-order valence-corrected chi connectivity index (χ0v) is 28.0. The number of carbonyl (C=O) groups is 1. The van der Waals surface area contributed by atoms with E-state index in [0.29, 0.717) is 35.4 Å². The van der Waals surface area contributed by atoms with Gasteiger partial charge in [0.1, 0.15) is 23.7 Å². The maximum atomic E-state index is 15.6. The second kappa shape index (κ2) is 12.0. The van der Waals surface area contributed by atoms with Crippen LogP contribution in [-0.2, 0) is 23.0 Å². The van der Waals surface area contributed by atoms with E-state index in [0.717, 1.165) is 29.5 Å². The van der Waals surface area contributed by atoms with Crippen molar-refractivity contribution >= 4 is 33.0 Å². The smallest absolute Gasteiger partial charge is 0.264 e. The summed E-state index contributed by atoms with van der Waals surface area (Å²) in [7, 11) is -4.23. The zero-order chi connectivity index (χ0) is 33.8. The van der Waals surface area contributed by atoms with E-state index in [2.05, 4.69) is 26.6 Å². The van der Waals surface area contributed by atoms with Crippen LogP contribution in [0.15, 0.2) is 70.0 Å². The highest BCUT2D eigenvalue weighted by Gasteiger charge is 2.42. The molecule has 3 aromatic heterocycles. The minimum absolute atomic E-state index is 0. The molecule has 1 atom stereocenters. The second-order valence-corrected chi connectivity index (χ2v) is 14.8. The number of carbonyl (C=O) groups excluding carboxylic acids is 1. The molecule has 0 saturated heterocycles. The molecule has 1 saturated carbocycles. The van der Waals surface area contributed by atoms with Crippen molar-refractivity contribution < 1.29 is 28.2 Å². The molecule has 0 radical (unpaired) electrons. The van der Waals surface area contributed by atoms with Crippen LogP contribution in [-0.4, -0.2) is 46.8 Å². The lowest BCUT2D eigenvalue weighted by molar-refractivity contribution is 0.0534. The molecule has 1 aliphatic heterocycles. The van der Waals surface area contributed by atoms with Crippen LogP contribution >= 0.6 is 0 Å². The molecule has 1 N–H and O–H groups in total. The molecule has 4 bridgehead atoms. The van der Waals surface area contributed by atoms with Crippen molar-refractivity contribution in [2.24, 2.45) is 5.41 Å². The summed E-state index contributed by atoms with van der Waals surface area (Å²) >= 11 is 0. The highest BCUT2D eigenvalue weighted by molar-refractivity contribution is 7.92. The fourth-order valence-corrected chi connectivity index (χ4v) is 7.30. The average Bonchev–Trinajstić information content (AvgIpc) is 3.64. The third-order valence-electron chi connectivity index (χ3n) is 9.26. The van der Waals surface area contributed by atoms with E-state index in [1.807, 2.05) is 39.0 Å². The normalized spacial score (nSPS) is 18.3. The lowest BCUT2D eigenvalue weighted by Gasteiger charge is -2.33. The number of furan rings is 1. The molecule has 5 aromatic rings. The molecular formula is C36H38FN5O5S. The van der Waals surface area contributed by atoms with E-state index < -0.39 is 27.8 Å². The van der Waals surface area contributed by atoms with Crippen molar-refractivity contribution in [3.63, 3.8) is 0 Å². The zero-order valence-electron chi connectivity index (χ0n) is 27.2. The molecule has 1 aliphatic carbocycles. The fraction of sp³-hybridized carbons (Fsp3) is 0.333. The Hall–Kier alpha value is -4.84. The summed E-state index contributed by atoms with van der Waals surface area (Å²) in [6.07, 6.45) is 3.15. The van der Waals surface area contributed by atoms with Gasteiger partial charge in [-0.25, -0.2) is 27.5 Å². The number of hydrogen-bond donors (Lipinski definition) is 1. The van der Waals surface area contributed by atoms with Gasteiger partial charge in [0, 0.05) is 37.2 Å². The Bertz CT molecular complexity index is 2170. The number of aromatic nitrogens is 3. The van der Waals surface area contributed by atoms with Gasteiger partial charge in [-0.1, -0.05) is 38.1 Å². The van der Waals surface area contributed by atoms with E-state index in [-0.39, 0.29) is 48.0 Å². The van der Waals surface area contributed by atoms with Crippen LogP contribution in [0.3, 0.4) is 0 Å². The molecule has 2 aliphatic rings. The number of pyridine rings is 1. The van der Waals surface area contributed by atoms with Gasteiger partial charge in [0.2, 0.25) is 11.8 Å². The lowest BCUT2D eigenvalue weighted by Crippen LogP contribution is -2.45. The van der Waals surface area contributed by atoms with E-state index in [1.165, 1.54) is 24.3 Å². The monoisotopic (exact) mass is 671 g/mol. The summed E-state index contributed by atoms with van der Waals surface area (Å²) < 4.78 is 57.5. The number of nitrogens with zero attached hydrogens (tertiary/aromatic N) is 4. The van der Waals surface area contributed by atoms with E-state index in [4.69, 9.17) is 9.15 Å². The minimum Gasteiger partial charge on any atom is -0.475 e. The third-order valence-corrected chi connectivity index (χ3v) is 10.6. The SMILES string of the molecule is CCc1cc2nc(CN3C(=O)c4cccc(c4)S(=O)(=O)Nc4nc(cc(-c5c(C)cccc5C)n4)OC[C@H]3CC3(C)CC3)c(F)cc2o1.[HH]. The first-order valence-electron chi connectivity index (χ1n) is 16.0. The van der Waals surface area contributed by atoms with Gasteiger partial charge in [-0.05, 0) is 67.9 Å². The van der Waals surface area contributed by atoms with Crippen LogP contribution in [0, 0.1) is 25.1 Å². The summed E-state index contributed by atoms with van der Waals surface area (Å²) in [5.74, 6) is -0.417. The second-order valence-electron chi connectivity index (χ2n) is 13.1. The largest absolute Gasteiger partial charge is 0.475 e. The molecule has 0 unspecified atom stereocenters. The maximum Gasteiger partial charge on any atom is 0.264 e. The van der Waals surface area contributed by atoms with Crippen molar-refractivity contribution in [3.05, 3.63) is 94.6 Å². The average molecular weight is 672 g/mol. The summed E-state index contributed by atoms with van der Waals surface area (Å²) in [6, 6.07) is 15.8. The molecule has 2 aromatic carbocycles. The van der Waals surface area contributed by atoms with Crippen molar-refractivity contribution in [1.29, 1.82) is 0 Å². The summed E-state index contributed by atoms with van der Waals surface area (Å²) in [6.45, 7) is 7.84. The van der Waals surface area contributed by atoms with Crippen LogP contribution in [0.25, 0.3) is 22.4 Å². The summed E-state index contributed by atoms with van der Waals surface area (Å²) in [5.41, 5.74) is 4.21. The molecule has 7 rings (SSSR count). The van der Waals surface area contributed by atoms with Gasteiger partial charge in [-0.2, -0.15) is 4.98 Å². The summed E-state index contributed by atoms with van der Waals surface area (Å²) in [4.78, 5) is 29.4. The Morgan fingerprint density at radius 1 is 1.04 bits per heavy atom. The standard InChI is InChI=1S/C36H36FN5O5S.H2/c1-5-25-15-28-31(47-25)16-27(37)30(38-28)19-42-24(18-36(4)12-13-36)20-46-32-17-29(33-21(2)8-6-9-22(33)3)39-35(40-32)41-48(44,45)26-11-7-10-23(14-26)34(42)43;/h6-11,14-17,24H,5,12-13,18-20H2,1-4H3,(H,39,40,41);1H/t24-;/m1./s1. The van der Waals surface area contributed by atoms with Crippen LogP contribution in [0.4, 0.5) is 10.3 Å². The van der Waals surface area contributed by atoms with Crippen molar-refractivity contribution in [1.82, 2.24) is 19.9 Å². The van der Waals surface area contributed by atoms with Crippen molar-refractivity contribution in [3.8, 4) is 17.1 Å². The highest BCUT2D eigenvalue weighted by Crippen LogP contribution is 2.49. The van der Waals surface area contributed by atoms with Crippen molar-refractivity contribution in [2.75, 3.05) is 11.3 Å². The predicted molar refractivity (Wildman–Crippen MR) is 181 cm³/mol. The van der Waals surface area contributed by atoms with Crippen LogP contribution in [0.2, 0.25) is 0 Å². The fourth-order valence-electron chi connectivity index (χ4n) is 6.31. The molecule has 12 heteroatoms. The first-order chi connectivity index (χ1) is 22.9. The van der Waals surface area contributed by atoms with Crippen LogP contribution in [0.5, 0.6) is 5.88 Å². The molecule has 4 heterocycles. The van der Waals surface area contributed by atoms with E-state index in [9.17, 15) is 13.2 Å². The quantitative estimate of drug-likeness (QED) is 0.200. The molecule has 1 amide bonds. The maximum absolute atomic E-state index is 15.6. The van der Waals surface area contributed by atoms with E-state index >= 15 is 4.39 Å². The number of benzene rings is 2. The van der Waals surface area contributed by atoms with Gasteiger partial charge in [0.05, 0.1) is 28.9 Å². The highest BCUT2D eigenvalue weighted by atomic mass is 32.2. The molecule has 0 spiro atoms. The van der Waals surface area contributed by atoms with E-state index in [1.54, 1.807) is 23.1 Å². The number of aryl methyl sites for hydroxylation is 3. The number of ether oxygens (including phenoxy) is 1. The molecule has 250 valence electrons. The Morgan fingerprint density at radius 3 is 2.52 bits per heavy atom. The lowest BCUT2D eigenvalue weighted by atomic mass is 9.97. The van der Waals surface area contributed by atoms with Gasteiger partial charge in [0.25, 0.3) is 15.9 Å². The summed E-state index contributed by atoms with van der Waals surface area (Å²) in [5, 5.41) is 0. The topological polar surface area (TPSA) is 128 Å². The minimum atomic E-state index is -4.23. The number of halogens is 1. The number of hydrogen-bond acceptors (Lipinski definition) is 8. The Labute approximate surface area is 279 Å². The third kappa shape index (κ3) is 6.24. The number of sulfonamides is 1. The first kappa shape index (κ1) is 31.7. The van der Waals surface area contributed by atoms with Gasteiger partial charge in [-0.3, -0.25) is 4.79 Å². The number of anilines is 1. The number of nitrogens with one attached hydrogen (secondary N) is 1. The predicted octanol–water partition coefficient (Wildman–Crippen LogP) is 7.24. The van der Waals surface area contributed by atoms with Crippen molar-refractivity contribution in [2.45, 2.75) is 70.9 Å². The molecule has 48 heavy (non-hydrogen) atoms. The van der Waals surface area contributed by atoms with Gasteiger partial charge < -0.3 is 14.1 Å². The van der Waals surface area contributed by atoms with Gasteiger partial charge >= 0.3 is 0 Å². The Morgan fingerprint density at radius 2 is 1.79 bits per heavy atom. The molecular weight excluding hydrogens is 633 g/mol. The van der Waals surface area contributed by atoms with Gasteiger partial charge in [-0.15, -0.1) is 0 Å². The van der Waals surface area contributed by atoms with Crippen LogP contribution in [0.1, 0.15) is 67.5 Å².